The number of carbonyl (C=O) groups excluding carboxylic acids is 1. The number of hydrogen-bond donors (Lipinski definition) is 2. The minimum Gasteiger partial charge on any atom is -0.496 e. The number of aliphatic hydroxyl groups excluding tert-OH is 2. The predicted molar refractivity (Wildman–Crippen MR) is 130 cm³/mol. The SMILES string of the molecule is CCOC(=O)C(C)(CCCN(C)CCc1ccc(OC)c(C)c1)c1ccc(CO)c(CO)c1. The van der Waals surface area contributed by atoms with Crippen molar-refractivity contribution in [2.45, 2.75) is 58.7 Å². The number of esters is 1. The van der Waals surface area contributed by atoms with E-state index >= 15 is 0 Å². The number of aliphatic hydroxyl groups is 2. The van der Waals surface area contributed by atoms with E-state index in [1.165, 1.54) is 5.56 Å². The second-order valence-corrected chi connectivity index (χ2v) is 8.81. The summed E-state index contributed by atoms with van der Waals surface area (Å²) in [6, 6.07) is 11.7. The lowest BCUT2D eigenvalue weighted by Gasteiger charge is -2.29. The van der Waals surface area contributed by atoms with E-state index in [0.29, 0.717) is 24.2 Å². The van der Waals surface area contributed by atoms with Gasteiger partial charge in [-0.1, -0.05) is 30.3 Å². The maximum Gasteiger partial charge on any atom is 0.316 e. The standard InChI is InChI=1S/C27H39NO5/c1-6-33-26(31)27(3,24-10-9-22(18-29)23(17-24)19-30)13-7-14-28(4)15-12-21-8-11-25(32-5)20(2)16-21/h8-11,16-17,29-30H,6-7,12-15,18-19H2,1-5H3. The minimum atomic E-state index is -0.818. The van der Waals surface area contributed by atoms with E-state index in [-0.39, 0.29) is 19.2 Å². The Kier molecular flexibility index (Phi) is 10.4. The Balaban J connectivity index is 2.03. The van der Waals surface area contributed by atoms with Gasteiger partial charge in [-0.3, -0.25) is 4.79 Å². The summed E-state index contributed by atoms with van der Waals surface area (Å²) in [6.07, 6.45) is 2.39. The molecule has 182 valence electrons. The van der Waals surface area contributed by atoms with Crippen molar-refractivity contribution in [3.63, 3.8) is 0 Å². The van der Waals surface area contributed by atoms with Crippen LogP contribution in [0.2, 0.25) is 0 Å². The number of methoxy groups -OCH3 is 1. The summed E-state index contributed by atoms with van der Waals surface area (Å²) >= 11 is 0. The normalized spacial score (nSPS) is 13.1. The van der Waals surface area contributed by atoms with E-state index in [1.807, 2.05) is 25.1 Å². The van der Waals surface area contributed by atoms with Crippen LogP contribution in [-0.2, 0) is 34.6 Å². The average Bonchev–Trinajstić information content (AvgIpc) is 2.82. The van der Waals surface area contributed by atoms with Crippen LogP contribution in [0.25, 0.3) is 0 Å². The highest BCUT2D eigenvalue weighted by Gasteiger charge is 2.36. The van der Waals surface area contributed by atoms with Gasteiger partial charge in [0.1, 0.15) is 5.75 Å². The largest absolute Gasteiger partial charge is 0.496 e. The van der Waals surface area contributed by atoms with Crippen LogP contribution in [0.4, 0.5) is 0 Å². The van der Waals surface area contributed by atoms with Gasteiger partial charge in [0.2, 0.25) is 0 Å². The Hall–Kier alpha value is -2.41. The maximum atomic E-state index is 12.9. The molecule has 0 aromatic heterocycles. The molecule has 0 aliphatic carbocycles. The number of rotatable bonds is 13. The number of nitrogens with zero attached hydrogens (tertiary/aromatic N) is 1. The Morgan fingerprint density at radius 1 is 1.06 bits per heavy atom. The summed E-state index contributed by atoms with van der Waals surface area (Å²) in [5.74, 6) is 0.642. The summed E-state index contributed by atoms with van der Waals surface area (Å²) in [4.78, 5) is 15.2. The van der Waals surface area contributed by atoms with Gasteiger partial charge in [-0.05, 0) is 87.5 Å². The van der Waals surface area contributed by atoms with Crippen molar-refractivity contribution in [2.75, 3.05) is 33.9 Å². The van der Waals surface area contributed by atoms with Crippen LogP contribution in [0.15, 0.2) is 36.4 Å². The quantitative estimate of drug-likeness (QED) is 0.446. The third-order valence-electron chi connectivity index (χ3n) is 6.37. The van der Waals surface area contributed by atoms with Crippen molar-refractivity contribution < 1.29 is 24.5 Å². The van der Waals surface area contributed by atoms with Crippen LogP contribution in [0.1, 0.15) is 54.5 Å². The summed E-state index contributed by atoms with van der Waals surface area (Å²) in [7, 11) is 3.78. The molecule has 1 atom stereocenters. The molecule has 2 aromatic carbocycles. The van der Waals surface area contributed by atoms with Crippen molar-refractivity contribution in [1.29, 1.82) is 0 Å². The smallest absolute Gasteiger partial charge is 0.316 e. The highest BCUT2D eigenvalue weighted by molar-refractivity contribution is 5.82. The first kappa shape index (κ1) is 26.8. The van der Waals surface area contributed by atoms with Crippen molar-refractivity contribution in [2.24, 2.45) is 0 Å². The van der Waals surface area contributed by atoms with Gasteiger partial charge in [0.15, 0.2) is 0 Å². The van der Waals surface area contributed by atoms with Crippen LogP contribution in [0.3, 0.4) is 0 Å². The Morgan fingerprint density at radius 2 is 1.79 bits per heavy atom. The summed E-state index contributed by atoms with van der Waals surface area (Å²) < 4.78 is 10.7. The van der Waals surface area contributed by atoms with Gasteiger partial charge >= 0.3 is 5.97 Å². The second kappa shape index (κ2) is 12.7. The zero-order valence-corrected chi connectivity index (χ0v) is 20.7. The van der Waals surface area contributed by atoms with Gasteiger partial charge in [-0.25, -0.2) is 0 Å². The molecule has 0 fully saturated rings. The fourth-order valence-corrected chi connectivity index (χ4v) is 4.16. The highest BCUT2D eigenvalue weighted by Crippen LogP contribution is 2.32. The number of carbonyl (C=O) groups is 1. The van der Waals surface area contributed by atoms with Crippen LogP contribution in [0.5, 0.6) is 5.75 Å². The number of benzene rings is 2. The van der Waals surface area contributed by atoms with Crippen molar-refractivity contribution >= 4 is 5.97 Å². The van der Waals surface area contributed by atoms with E-state index in [1.54, 1.807) is 20.1 Å². The highest BCUT2D eigenvalue weighted by atomic mass is 16.5. The lowest BCUT2D eigenvalue weighted by molar-refractivity contribution is -0.149. The van der Waals surface area contributed by atoms with Gasteiger partial charge in [-0.15, -0.1) is 0 Å². The van der Waals surface area contributed by atoms with Crippen molar-refractivity contribution in [1.82, 2.24) is 4.90 Å². The average molecular weight is 458 g/mol. The first-order valence-corrected chi connectivity index (χ1v) is 11.6. The fraction of sp³-hybridized carbons (Fsp3) is 0.519. The molecule has 6 heteroatoms. The van der Waals surface area contributed by atoms with Crippen LogP contribution in [-0.4, -0.2) is 54.9 Å². The third kappa shape index (κ3) is 7.03. The molecule has 2 aromatic rings. The summed E-state index contributed by atoms with van der Waals surface area (Å²) in [5.41, 5.74) is 3.70. The molecule has 0 aliphatic heterocycles. The fourth-order valence-electron chi connectivity index (χ4n) is 4.16. The molecule has 0 radical (unpaired) electrons. The molecule has 0 bridgehead atoms. The lowest BCUT2D eigenvalue weighted by atomic mass is 9.77. The maximum absolute atomic E-state index is 12.9. The van der Waals surface area contributed by atoms with Gasteiger partial charge in [0.25, 0.3) is 0 Å². The molecule has 2 rings (SSSR count). The van der Waals surface area contributed by atoms with Crippen molar-refractivity contribution in [3.05, 3.63) is 64.2 Å². The molecule has 0 heterocycles. The molecule has 0 saturated carbocycles. The molecule has 1 unspecified atom stereocenters. The first-order chi connectivity index (χ1) is 15.8. The van der Waals surface area contributed by atoms with Gasteiger partial charge in [-0.2, -0.15) is 0 Å². The first-order valence-electron chi connectivity index (χ1n) is 11.6. The summed E-state index contributed by atoms with van der Waals surface area (Å²) in [5, 5.41) is 19.2. The Labute approximate surface area is 198 Å². The van der Waals surface area contributed by atoms with E-state index in [4.69, 9.17) is 9.47 Å². The van der Waals surface area contributed by atoms with Crippen molar-refractivity contribution in [3.8, 4) is 5.75 Å². The molecule has 33 heavy (non-hydrogen) atoms. The molecular formula is C27H39NO5. The Bertz CT molecular complexity index is 913. The van der Waals surface area contributed by atoms with Gasteiger partial charge in [0, 0.05) is 6.54 Å². The predicted octanol–water partition coefficient (Wildman–Crippen LogP) is 3.76. The number of aryl methyl sites for hydroxylation is 1. The number of likely N-dealkylation sites (N-methyl/N-ethyl adjacent to an activating group) is 1. The van der Waals surface area contributed by atoms with Crippen LogP contribution >= 0.6 is 0 Å². The van der Waals surface area contributed by atoms with E-state index in [9.17, 15) is 15.0 Å². The van der Waals surface area contributed by atoms with E-state index in [0.717, 1.165) is 42.8 Å². The third-order valence-corrected chi connectivity index (χ3v) is 6.37. The van der Waals surface area contributed by atoms with E-state index in [2.05, 4.69) is 31.0 Å². The topological polar surface area (TPSA) is 79.2 Å². The number of hydrogen-bond acceptors (Lipinski definition) is 6. The second-order valence-electron chi connectivity index (χ2n) is 8.81. The monoisotopic (exact) mass is 457 g/mol. The van der Waals surface area contributed by atoms with Crippen LogP contribution < -0.4 is 4.74 Å². The van der Waals surface area contributed by atoms with Gasteiger partial charge < -0.3 is 24.6 Å². The molecule has 0 amide bonds. The lowest BCUT2D eigenvalue weighted by Crippen LogP contribution is -2.36. The molecule has 0 saturated heterocycles. The van der Waals surface area contributed by atoms with Crippen LogP contribution in [0, 0.1) is 6.92 Å². The molecule has 0 aliphatic rings. The summed E-state index contributed by atoms with van der Waals surface area (Å²) in [6.45, 7) is 7.52. The molecule has 6 nitrogen and oxygen atoms in total. The number of ether oxygens (including phenoxy) is 2. The van der Waals surface area contributed by atoms with E-state index < -0.39 is 5.41 Å². The minimum absolute atomic E-state index is 0.148. The Morgan fingerprint density at radius 3 is 2.39 bits per heavy atom. The molecule has 0 spiro atoms. The molecule has 2 N–H and O–H groups in total. The van der Waals surface area contributed by atoms with Gasteiger partial charge in [0.05, 0.1) is 32.3 Å². The zero-order chi connectivity index (χ0) is 24.4. The molecular weight excluding hydrogens is 418 g/mol. The zero-order valence-electron chi connectivity index (χ0n) is 20.7.